The standard InChI is InChI=1S/C19H25N5O3/c1-19(2,3)16-10-15(21-22-16)17(25)20-11-12-5-4-6-13(9-12)24-8-7-14(23-24)18(26)27/h4-9,15-16,21-22H,10-11H2,1-3H3,(H,20,25)(H,26,27). The fourth-order valence-corrected chi connectivity index (χ4v) is 3.00. The predicted molar refractivity (Wildman–Crippen MR) is 100 cm³/mol. The van der Waals surface area contributed by atoms with Gasteiger partial charge in [0.2, 0.25) is 5.91 Å². The van der Waals surface area contributed by atoms with Crippen LogP contribution in [-0.2, 0) is 11.3 Å². The smallest absolute Gasteiger partial charge is 0.356 e. The average molecular weight is 371 g/mol. The van der Waals surface area contributed by atoms with Gasteiger partial charge in [0.15, 0.2) is 5.69 Å². The number of rotatable bonds is 5. The number of aromatic nitrogens is 2. The summed E-state index contributed by atoms with van der Waals surface area (Å²) in [5.41, 5.74) is 7.98. The molecule has 0 bridgehead atoms. The van der Waals surface area contributed by atoms with Crippen molar-refractivity contribution in [3.05, 3.63) is 47.8 Å². The van der Waals surface area contributed by atoms with Crippen LogP contribution in [0.4, 0.5) is 0 Å². The van der Waals surface area contributed by atoms with Crippen molar-refractivity contribution in [1.29, 1.82) is 0 Å². The van der Waals surface area contributed by atoms with Crippen molar-refractivity contribution < 1.29 is 14.7 Å². The quantitative estimate of drug-likeness (QED) is 0.634. The van der Waals surface area contributed by atoms with E-state index >= 15 is 0 Å². The molecule has 0 radical (unpaired) electrons. The third kappa shape index (κ3) is 4.53. The summed E-state index contributed by atoms with van der Waals surface area (Å²) in [7, 11) is 0. The third-order valence-corrected chi connectivity index (χ3v) is 4.72. The summed E-state index contributed by atoms with van der Waals surface area (Å²) in [6.45, 7) is 6.81. The number of carbonyl (C=O) groups is 2. The Morgan fingerprint density at radius 2 is 2.07 bits per heavy atom. The van der Waals surface area contributed by atoms with Gasteiger partial charge in [-0.05, 0) is 35.6 Å². The summed E-state index contributed by atoms with van der Waals surface area (Å²) in [6.07, 6.45) is 2.34. The number of hydrogen-bond donors (Lipinski definition) is 4. The molecule has 2 aromatic rings. The molecule has 1 aromatic carbocycles. The van der Waals surface area contributed by atoms with Crippen LogP contribution in [0.25, 0.3) is 5.69 Å². The van der Waals surface area contributed by atoms with Crippen LogP contribution >= 0.6 is 0 Å². The molecule has 1 fully saturated rings. The van der Waals surface area contributed by atoms with Gasteiger partial charge in [0.05, 0.1) is 5.69 Å². The molecule has 8 nitrogen and oxygen atoms in total. The lowest BCUT2D eigenvalue weighted by Crippen LogP contribution is -2.44. The maximum atomic E-state index is 12.4. The monoisotopic (exact) mass is 371 g/mol. The maximum Gasteiger partial charge on any atom is 0.356 e. The summed E-state index contributed by atoms with van der Waals surface area (Å²) in [5, 5.41) is 16.0. The summed E-state index contributed by atoms with van der Waals surface area (Å²) in [4.78, 5) is 23.4. The summed E-state index contributed by atoms with van der Waals surface area (Å²) in [5.74, 6) is -1.12. The molecular formula is C19H25N5O3. The van der Waals surface area contributed by atoms with Gasteiger partial charge in [-0.1, -0.05) is 32.9 Å². The molecule has 8 heteroatoms. The van der Waals surface area contributed by atoms with Gasteiger partial charge in [-0.2, -0.15) is 5.10 Å². The number of carbonyl (C=O) groups excluding carboxylic acids is 1. The molecule has 144 valence electrons. The van der Waals surface area contributed by atoms with Crippen LogP contribution in [0.15, 0.2) is 36.5 Å². The average Bonchev–Trinajstić information content (AvgIpc) is 3.29. The zero-order chi connectivity index (χ0) is 19.6. The molecule has 1 saturated heterocycles. The number of benzene rings is 1. The number of hydrogen-bond acceptors (Lipinski definition) is 5. The molecular weight excluding hydrogens is 346 g/mol. The number of nitrogens with zero attached hydrogens (tertiary/aromatic N) is 2. The minimum Gasteiger partial charge on any atom is -0.476 e. The minimum absolute atomic E-state index is 0.0121. The molecule has 0 spiro atoms. The number of nitrogens with one attached hydrogen (secondary N) is 3. The summed E-state index contributed by atoms with van der Waals surface area (Å²) in [6, 6.07) is 8.88. The van der Waals surface area contributed by atoms with Crippen LogP contribution in [0.5, 0.6) is 0 Å². The van der Waals surface area contributed by atoms with E-state index in [9.17, 15) is 9.59 Å². The molecule has 1 amide bonds. The Morgan fingerprint density at radius 1 is 1.30 bits per heavy atom. The van der Waals surface area contributed by atoms with Crippen LogP contribution < -0.4 is 16.2 Å². The van der Waals surface area contributed by atoms with Gasteiger partial charge in [0.25, 0.3) is 0 Å². The first-order chi connectivity index (χ1) is 12.7. The fraction of sp³-hybridized carbons (Fsp3) is 0.421. The lowest BCUT2D eigenvalue weighted by Gasteiger charge is -2.25. The van der Waals surface area contributed by atoms with Crippen LogP contribution in [0.2, 0.25) is 0 Å². The Hall–Kier alpha value is -2.71. The highest BCUT2D eigenvalue weighted by atomic mass is 16.4. The van der Waals surface area contributed by atoms with Crippen molar-refractivity contribution in [1.82, 2.24) is 25.9 Å². The van der Waals surface area contributed by atoms with Crippen LogP contribution in [0.3, 0.4) is 0 Å². The number of carboxylic acids is 1. The van der Waals surface area contributed by atoms with Gasteiger partial charge >= 0.3 is 5.97 Å². The Labute approximate surface area is 157 Å². The lowest BCUT2D eigenvalue weighted by atomic mass is 9.84. The van der Waals surface area contributed by atoms with Crippen molar-refractivity contribution in [3.8, 4) is 5.69 Å². The van der Waals surface area contributed by atoms with Gasteiger partial charge in [-0.15, -0.1) is 0 Å². The van der Waals surface area contributed by atoms with Crippen molar-refractivity contribution in [2.75, 3.05) is 0 Å². The first-order valence-corrected chi connectivity index (χ1v) is 8.91. The molecule has 2 heterocycles. The van der Waals surface area contributed by atoms with E-state index in [0.717, 1.165) is 17.7 Å². The molecule has 2 unspecified atom stereocenters. The lowest BCUT2D eigenvalue weighted by molar-refractivity contribution is -0.123. The predicted octanol–water partition coefficient (Wildman–Crippen LogP) is 1.47. The van der Waals surface area contributed by atoms with Gasteiger partial charge in [-0.3, -0.25) is 10.2 Å². The van der Waals surface area contributed by atoms with E-state index in [4.69, 9.17) is 5.11 Å². The van der Waals surface area contributed by atoms with Gasteiger partial charge in [0.1, 0.15) is 6.04 Å². The third-order valence-electron chi connectivity index (χ3n) is 4.72. The minimum atomic E-state index is -1.07. The Morgan fingerprint density at radius 3 is 2.70 bits per heavy atom. The Balaban J connectivity index is 1.60. The molecule has 0 saturated carbocycles. The highest BCUT2D eigenvalue weighted by molar-refractivity contribution is 5.85. The van der Waals surface area contributed by atoms with Crippen LogP contribution in [0.1, 0.15) is 43.2 Å². The van der Waals surface area contributed by atoms with E-state index in [2.05, 4.69) is 42.0 Å². The second-order valence-corrected chi connectivity index (χ2v) is 7.83. The highest BCUT2D eigenvalue weighted by Gasteiger charge is 2.35. The molecule has 4 N–H and O–H groups in total. The van der Waals surface area contributed by atoms with E-state index in [0.29, 0.717) is 6.54 Å². The highest BCUT2D eigenvalue weighted by Crippen LogP contribution is 2.25. The molecule has 0 aliphatic carbocycles. The molecule has 27 heavy (non-hydrogen) atoms. The second kappa shape index (κ2) is 7.50. The molecule has 1 aliphatic heterocycles. The SMILES string of the molecule is CC(C)(C)C1CC(C(=O)NCc2cccc(-n3ccc(C(=O)O)n3)c2)NN1. The van der Waals surface area contributed by atoms with Gasteiger partial charge < -0.3 is 10.4 Å². The normalized spacial score (nSPS) is 19.8. The van der Waals surface area contributed by atoms with Crippen molar-refractivity contribution in [3.63, 3.8) is 0 Å². The number of hydrazine groups is 1. The van der Waals surface area contributed by atoms with E-state index < -0.39 is 5.97 Å². The number of aromatic carboxylic acids is 1. The number of amides is 1. The molecule has 1 aromatic heterocycles. The summed E-state index contributed by atoms with van der Waals surface area (Å²) >= 11 is 0. The van der Waals surface area contributed by atoms with E-state index in [1.54, 1.807) is 6.20 Å². The first-order valence-electron chi connectivity index (χ1n) is 8.91. The van der Waals surface area contributed by atoms with Gasteiger partial charge in [-0.25, -0.2) is 14.9 Å². The van der Waals surface area contributed by atoms with E-state index in [-0.39, 0.29) is 29.1 Å². The zero-order valence-electron chi connectivity index (χ0n) is 15.7. The second-order valence-electron chi connectivity index (χ2n) is 7.83. The molecule has 1 aliphatic rings. The first kappa shape index (κ1) is 19.1. The van der Waals surface area contributed by atoms with Gasteiger partial charge in [0, 0.05) is 18.8 Å². The topological polar surface area (TPSA) is 108 Å². The number of carboxylic acid groups (broad SMARTS) is 1. The molecule has 2 atom stereocenters. The van der Waals surface area contributed by atoms with E-state index in [1.807, 2.05) is 24.3 Å². The van der Waals surface area contributed by atoms with Crippen LogP contribution in [-0.4, -0.2) is 38.8 Å². The largest absolute Gasteiger partial charge is 0.476 e. The van der Waals surface area contributed by atoms with Crippen molar-refractivity contribution >= 4 is 11.9 Å². The zero-order valence-corrected chi connectivity index (χ0v) is 15.7. The maximum absolute atomic E-state index is 12.4. The Bertz CT molecular complexity index is 840. The van der Waals surface area contributed by atoms with Crippen molar-refractivity contribution in [2.45, 2.75) is 45.8 Å². The fourth-order valence-electron chi connectivity index (χ4n) is 3.00. The Kier molecular flexibility index (Phi) is 5.29. The summed E-state index contributed by atoms with van der Waals surface area (Å²) < 4.78 is 1.51. The van der Waals surface area contributed by atoms with Crippen LogP contribution in [0, 0.1) is 5.41 Å². The molecule has 3 rings (SSSR count). The van der Waals surface area contributed by atoms with E-state index in [1.165, 1.54) is 10.7 Å². The van der Waals surface area contributed by atoms with Crippen molar-refractivity contribution in [2.24, 2.45) is 5.41 Å².